The quantitative estimate of drug-likeness (QED) is 0.787. The lowest BCUT2D eigenvalue weighted by atomic mass is 10.3. The van der Waals surface area contributed by atoms with Crippen LogP contribution in [0.3, 0.4) is 0 Å². The van der Waals surface area contributed by atoms with Crippen LogP contribution in [0.1, 0.15) is 0 Å². The molecule has 4 nitrogen and oxygen atoms in total. The zero-order chi connectivity index (χ0) is 13.8. The van der Waals surface area contributed by atoms with Crippen molar-refractivity contribution in [2.45, 2.75) is 13.0 Å². The standard InChI is InChI=1S/C12H11F2NO3S/c13-10(14)7-18-6-5-15-11(16)8-3-1-2-4-9(8)19-12(15)17/h1-4,10H,5-7H2. The van der Waals surface area contributed by atoms with Gasteiger partial charge in [0.15, 0.2) is 0 Å². The van der Waals surface area contributed by atoms with E-state index in [9.17, 15) is 18.4 Å². The second-order valence-electron chi connectivity index (χ2n) is 3.79. The lowest BCUT2D eigenvalue weighted by molar-refractivity contribution is 0.0144. The largest absolute Gasteiger partial charge is 0.374 e. The summed E-state index contributed by atoms with van der Waals surface area (Å²) >= 11 is 0.951. The van der Waals surface area contributed by atoms with Gasteiger partial charge in [0.25, 0.3) is 12.0 Å². The molecule has 7 heteroatoms. The number of hydrogen-bond acceptors (Lipinski definition) is 4. The average molecular weight is 287 g/mol. The minimum absolute atomic E-state index is 0.0221. The summed E-state index contributed by atoms with van der Waals surface area (Å²) in [7, 11) is 0. The molecule has 0 N–H and O–H groups in total. The molecule has 0 aliphatic heterocycles. The van der Waals surface area contributed by atoms with Gasteiger partial charge in [0.1, 0.15) is 6.61 Å². The summed E-state index contributed by atoms with van der Waals surface area (Å²) in [5.41, 5.74) is -0.417. The Hall–Kier alpha value is -1.60. The van der Waals surface area contributed by atoms with E-state index in [0.717, 1.165) is 15.9 Å². The Bertz CT molecular complexity index is 680. The summed E-state index contributed by atoms with van der Waals surface area (Å²) in [6, 6.07) is 6.77. The van der Waals surface area contributed by atoms with Gasteiger partial charge in [-0.3, -0.25) is 14.2 Å². The lowest BCUT2D eigenvalue weighted by Crippen LogP contribution is -2.32. The zero-order valence-corrected chi connectivity index (χ0v) is 10.7. The number of nitrogens with zero attached hydrogens (tertiary/aromatic N) is 1. The second kappa shape index (κ2) is 6.03. The Kier molecular flexibility index (Phi) is 4.39. The first-order chi connectivity index (χ1) is 9.09. The van der Waals surface area contributed by atoms with Crippen molar-refractivity contribution in [3.05, 3.63) is 44.3 Å². The van der Waals surface area contributed by atoms with Gasteiger partial charge in [-0.15, -0.1) is 0 Å². The molecule has 0 saturated heterocycles. The van der Waals surface area contributed by atoms with Crippen molar-refractivity contribution in [3.63, 3.8) is 0 Å². The van der Waals surface area contributed by atoms with E-state index in [1.54, 1.807) is 24.3 Å². The van der Waals surface area contributed by atoms with E-state index in [4.69, 9.17) is 0 Å². The molecule has 0 aliphatic carbocycles. The maximum absolute atomic E-state index is 12.0. The normalized spacial score (nSPS) is 11.3. The smallest absolute Gasteiger partial charge is 0.310 e. The first-order valence-corrected chi connectivity index (χ1v) is 6.40. The molecule has 0 atom stereocenters. The number of fused-ring (bicyclic) bond motifs is 1. The molecule has 1 heterocycles. The fourth-order valence-electron chi connectivity index (χ4n) is 1.63. The maximum atomic E-state index is 12.0. The van der Waals surface area contributed by atoms with Gasteiger partial charge in [-0.05, 0) is 12.1 Å². The van der Waals surface area contributed by atoms with Crippen LogP contribution in [0.15, 0.2) is 33.9 Å². The molecule has 2 rings (SSSR count). The summed E-state index contributed by atoms with van der Waals surface area (Å²) in [6.07, 6.45) is -2.55. The van der Waals surface area contributed by atoms with Crippen LogP contribution < -0.4 is 10.4 Å². The molecule has 1 aromatic carbocycles. The van der Waals surface area contributed by atoms with Crippen molar-refractivity contribution >= 4 is 21.4 Å². The van der Waals surface area contributed by atoms with Gasteiger partial charge in [-0.25, -0.2) is 8.78 Å². The van der Waals surface area contributed by atoms with E-state index < -0.39 is 23.5 Å². The summed E-state index contributed by atoms with van der Waals surface area (Å²) < 4.78 is 30.1. The molecular weight excluding hydrogens is 276 g/mol. The third kappa shape index (κ3) is 3.24. The summed E-state index contributed by atoms with van der Waals surface area (Å²) in [5, 5.41) is 0.445. The number of benzene rings is 1. The van der Waals surface area contributed by atoms with Gasteiger partial charge < -0.3 is 4.74 Å². The maximum Gasteiger partial charge on any atom is 0.310 e. The van der Waals surface area contributed by atoms with Crippen LogP contribution >= 0.6 is 11.3 Å². The predicted molar refractivity (Wildman–Crippen MR) is 69.2 cm³/mol. The number of alkyl halides is 2. The lowest BCUT2D eigenvalue weighted by Gasteiger charge is -2.06. The SMILES string of the molecule is O=c1sc2ccccc2c(=O)n1CCOCC(F)F. The summed E-state index contributed by atoms with van der Waals surface area (Å²) in [4.78, 5) is 23.4. The highest BCUT2D eigenvalue weighted by atomic mass is 32.1. The minimum Gasteiger partial charge on any atom is -0.374 e. The van der Waals surface area contributed by atoms with Gasteiger partial charge >= 0.3 is 4.87 Å². The van der Waals surface area contributed by atoms with E-state index in [0.29, 0.717) is 10.1 Å². The molecule has 102 valence electrons. The third-order valence-corrected chi connectivity index (χ3v) is 3.45. The van der Waals surface area contributed by atoms with Crippen LogP contribution in [-0.4, -0.2) is 24.2 Å². The number of halogens is 2. The van der Waals surface area contributed by atoms with Crippen molar-refractivity contribution < 1.29 is 13.5 Å². The van der Waals surface area contributed by atoms with Crippen LogP contribution in [-0.2, 0) is 11.3 Å². The van der Waals surface area contributed by atoms with Gasteiger partial charge in [-0.1, -0.05) is 23.5 Å². The molecular formula is C12H11F2NO3S. The summed E-state index contributed by atoms with van der Waals surface area (Å²) in [6.45, 7) is -0.809. The van der Waals surface area contributed by atoms with E-state index >= 15 is 0 Å². The van der Waals surface area contributed by atoms with Crippen molar-refractivity contribution in [1.29, 1.82) is 0 Å². The van der Waals surface area contributed by atoms with Crippen LogP contribution in [0.5, 0.6) is 0 Å². The minimum atomic E-state index is -2.55. The van der Waals surface area contributed by atoms with Crippen LogP contribution in [0.4, 0.5) is 8.78 Å². The van der Waals surface area contributed by atoms with Crippen molar-refractivity contribution in [2.24, 2.45) is 0 Å². The van der Waals surface area contributed by atoms with E-state index in [1.165, 1.54) is 0 Å². The number of rotatable bonds is 5. The van der Waals surface area contributed by atoms with Gasteiger partial charge in [0, 0.05) is 4.70 Å². The topological polar surface area (TPSA) is 48.3 Å². The first kappa shape index (κ1) is 13.8. The molecule has 0 radical (unpaired) electrons. The molecule has 19 heavy (non-hydrogen) atoms. The molecule has 0 amide bonds. The first-order valence-electron chi connectivity index (χ1n) is 5.58. The van der Waals surface area contributed by atoms with E-state index in [1.807, 2.05) is 0 Å². The zero-order valence-electron chi connectivity index (χ0n) is 9.84. The molecule has 1 aromatic heterocycles. The number of ether oxygens (including phenoxy) is 1. The fraction of sp³-hybridized carbons (Fsp3) is 0.333. The highest BCUT2D eigenvalue weighted by Crippen LogP contribution is 2.10. The third-order valence-electron chi connectivity index (χ3n) is 2.48. The van der Waals surface area contributed by atoms with Gasteiger partial charge in [0.2, 0.25) is 0 Å². The van der Waals surface area contributed by atoms with Crippen molar-refractivity contribution in [1.82, 2.24) is 4.57 Å². The van der Waals surface area contributed by atoms with Crippen molar-refractivity contribution in [2.75, 3.05) is 13.2 Å². The monoisotopic (exact) mass is 287 g/mol. The van der Waals surface area contributed by atoms with Crippen LogP contribution in [0.2, 0.25) is 0 Å². The van der Waals surface area contributed by atoms with E-state index in [-0.39, 0.29) is 13.2 Å². The Morgan fingerprint density at radius 2 is 2.00 bits per heavy atom. The molecule has 0 saturated carbocycles. The Morgan fingerprint density at radius 1 is 1.26 bits per heavy atom. The van der Waals surface area contributed by atoms with Crippen molar-refractivity contribution in [3.8, 4) is 0 Å². The second-order valence-corrected chi connectivity index (χ2v) is 4.78. The summed E-state index contributed by atoms with van der Waals surface area (Å²) in [5.74, 6) is 0. The average Bonchev–Trinajstić information content (AvgIpc) is 2.37. The van der Waals surface area contributed by atoms with E-state index in [2.05, 4.69) is 4.74 Å². The Morgan fingerprint density at radius 3 is 2.74 bits per heavy atom. The molecule has 0 spiro atoms. The Balaban J connectivity index is 2.24. The molecule has 2 aromatic rings. The number of hydrogen-bond donors (Lipinski definition) is 0. The molecule has 0 fully saturated rings. The Labute approximate surface area is 110 Å². The molecule has 0 aliphatic rings. The highest BCUT2D eigenvalue weighted by Gasteiger charge is 2.08. The fourth-order valence-corrected chi connectivity index (χ4v) is 2.52. The van der Waals surface area contributed by atoms with Crippen LogP contribution in [0, 0.1) is 0 Å². The van der Waals surface area contributed by atoms with Crippen LogP contribution in [0.25, 0.3) is 10.1 Å². The number of aromatic nitrogens is 1. The van der Waals surface area contributed by atoms with Gasteiger partial charge in [0.05, 0.1) is 18.5 Å². The molecule has 0 bridgehead atoms. The predicted octanol–water partition coefficient (Wildman–Crippen LogP) is 1.70. The highest BCUT2D eigenvalue weighted by molar-refractivity contribution is 7.16. The molecule has 0 unspecified atom stereocenters. The van der Waals surface area contributed by atoms with Gasteiger partial charge in [-0.2, -0.15) is 0 Å².